The molecule has 0 atom stereocenters. The van der Waals surface area contributed by atoms with Gasteiger partial charge in [-0.25, -0.2) is 0 Å². The van der Waals surface area contributed by atoms with Crippen LogP contribution in [-0.2, 0) is 23.9 Å². The minimum absolute atomic E-state index is 0.222. The number of ether oxygens (including phenoxy) is 2. The SMILES string of the molecule is CON=C(CCC(=O)OC)CCC(=O)OC. The third-order valence-corrected chi connectivity index (χ3v) is 1.91. The maximum Gasteiger partial charge on any atom is 0.305 e. The second-order valence-electron chi connectivity index (χ2n) is 2.99. The number of rotatable bonds is 7. The molecule has 6 heteroatoms. The van der Waals surface area contributed by atoms with E-state index >= 15 is 0 Å². The van der Waals surface area contributed by atoms with Crippen LogP contribution in [0.25, 0.3) is 0 Å². The molecule has 0 radical (unpaired) electrons. The van der Waals surface area contributed by atoms with Crippen molar-refractivity contribution in [1.82, 2.24) is 0 Å². The lowest BCUT2D eigenvalue weighted by Gasteiger charge is -2.04. The molecule has 0 aromatic rings. The molecule has 0 saturated heterocycles. The van der Waals surface area contributed by atoms with Crippen LogP contribution in [-0.4, -0.2) is 39.0 Å². The molecule has 0 aliphatic carbocycles. The lowest BCUT2D eigenvalue weighted by atomic mass is 10.1. The Morgan fingerprint density at radius 1 is 0.875 bits per heavy atom. The second-order valence-corrected chi connectivity index (χ2v) is 2.99. The number of esters is 2. The van der Waals surface area contributed by atoms with Gasteiger partial charge in [0.15, 0.2) is 0 Å². The molecule has 6 nitrogen and oxygen atoms in total. The molecule has 0 aromatic heterocycles. The van der Waals surface area contributed by atoms with Crippen LogP contribution in [0.1, 0.15) is 25.7 Å². The smallest absolute Gasteiger partial charge is 0.305 e. The monoisotopic (exact) mass is 231 g/mol. The molecule has 0 unspecified atom stereocenters. The summed E-state index contributed by atoms with van der Waals surface area (Å²) in [4.78, 5) is 26.4. The topological polar surface area (TPSA) is 74.2 Å². The second kappa shape index (κ2) is 8.70. The van der Waals surface area contributed by atoms with Gasteiger partial charge in [-0.2, -0.15) is 0 Å². The van der Waals surface area contributed by atoms with Crippen molar-refractivity contribution in [3.63, 3.8) is 0 Å². The van der Waals surface area contributed by atoms with Crippen molar-refractivity contribution in [2.45, 2.75) is 25.7 Å². The Morgan fingerprint density at radius 2 is 1.31 bits per heavy atom. The zero-order valence-electron chi connectivity index (χ0n) is 9.82. The van der Waals surface area contributed by atoms with E-state index in [1.165, 1.54) is 21.3 Å². The summed E-state index contributed by atoms with van der Waals surface area (Å²) in [7, 11) is 4.06. The van der Waals surface area contributed by atoms with Crippen LogP contribution < -0.4 is 0 Å². The van der Waals surface area contributed by atoms with E-state index < -0.39 is 0 Å². The lowest BCUT2D eigenvalue weighted by Crippen LogP contribution is -2.09. The predicted octanol–water partition coefficient (Wildman–Crippen LogP) is 0.895. The number of oxime groups is 1. The van der Waals surface area contributed by atoms with Gasteiger partial charge in [-0.05, 0) is 12.8 Å². The van der Waals surface area contributed by atoms with Crippen molar-refractivity contribution in [3.05, 3.63) is 0 Å². The number of carbonyl (C=O) groups excluding carboxylic acids is 2. The van der Waals surface area contributed by atoms with Gasteiger partial charge in [-0.1, -0.05) is 5.16 Å². The van der Waals surface area contributed by atoms with E-state index in [1.807, 2.05) is 0 Å². The zero-order chi connectivity index (χ0) is 12.4. The maximum atomic E-state index is 10.9. The van der Waals surface area contributed by atoms with E-state index in [0.29, 0.717) is 18.6 Å². The fourth-order valence-electron chi connectivity index (χ4n) is 1.04. The largest absolute Gasteiger partial charge is 0.469 e. The van der Waals surface area contributed by atoms with Crippen LogP contribution in [0.5, 0.6) is 0 Å². The summed E-state index contributed by atoms with van der Waals surface area (Å²) in [6, 6.07) is 0. The Bertz CT molecular complexity index is 240. The van der Waals surface area contributed by atoms with Crippen molar-refractivity contribution in [2.24, 2.45) is 5.16 Å². The Morgan fingerprint density at radius 3 is 1.62 bits per heavy atom. The molecule has 0 heterocycles. The Balaban J connectivity index is 4.03. The van der Waals surface area contributed by atoms with Gasteiger partial charge in [-0.15, -0.1) is 0 Å². The summed E-state index contributed by atoms with van der Waals surface area (Å²) in [6.45, 7) is 0. The van der Waals surface area contributed by atoms with Crippen molar-refractivity contribution < 1.29 is 23.9 Å². The highest BCUT2D eigenvalue weighted by Gasteiger charge is 2.09. The third-order valence-electron chi connectivity index (χ3n) is 1.91. The first kappa shape index (κ1) is 14.4. The molecular formula is C10H17NO5. The Hall–Kier alpha value is -1.59. The first-order valence-corrected chi connectivity index (χ1v) is 4.86. The number of hydrogen-bond donors (Lipinski definition) is 0. The molecule has 0 amide bonds. The van der Waals surface area contributed by atoms with Gasteiger partial charge in [0, 0.05) is 0 Å². The highest BCUT2D eigenvalue weighted by atomic mass is 16.6. The number of methoxy groups -OCH3 is 2. The van der Waals surface area contributed by atoms with Gasteiger partial charge in [0.25, 0.3) is 0 Å². The Labute approximate surface area is 94.5 Å². The van der Waals surface area contributed by atoms with Gasteiger partial charge in [0.1, 0.15) is 7.11 Å². The average Bonchev–Trinajstić information content (AvgIpc) is 2.31. The molecule has 0 aliphatic rings. The number of nitrogens with zero attached hydrogens (tertiary/aromatic N) is 1. The van der Waals surface area contributed by atoms with Crippen LogP contribution >= 0.6 is 0 Å². The van der Waals surface area contributed by atoms with Gasteiger partial charge in [-0.3, -0.25) is 9.59 Å². The van der Waals surface area contributed by atoms with E-state index in [9.17, 15) is 9.59 Å². The van der Waals surface area contributed by atoms with Crippen molar-refractivity contribution >= 4 is 17.7 Å². The standard InChI is InChI=1S/C10H17NO5/c1-14-9(12)6-4-8(11-16-3)5-7-10(13)15-2/h4-7H2,1-3H3. The van der Waals surface area contributed by atoms with Crippen LogP contribution in [0.15, 0.2) is 5.16 Å². The van der Waals surface area contributed by atoms with Crippen molar-refractivity contribution in [2.75, 3.05) is 21.3 Å². The van der Waals surface area contributed by atoms with E-state index in [4.69, 9.17) is 0 Å². The first-order chi connectivity index (χ1) is 7.63. The summed E-state index contributed by atoms with van der Waals surface area (Å²) < 4.78 is 9.00. The minimum Gasteiger partial charge on any atom is -0.469 e. The molecule has 0 N–H and O–H groups in total. The Kier molecular flexibility index (Phi) is 7.83. The molecule has 16 heavy (non-hydrogen) atoms. The molecular weight excluding hydrogens is 214 g/mol. The first-order valence-electron chi connectivity index (χ1n) is 4.86. The van der Waals surface area contributed by atoms with Gasteiger partial charge in [0.05, 0.1) is 32.8 Å². The van der Waals surface area contributed by atoms with Crippen LogP contribution in [0.3, 0.4) is 0 Å². The quantitative estimate of drug-likeness (QED) is 0.369. The summed E-state index contributed by atoms with van der Waals surface area (Å²) in [5.41, 5.74) is 0.637. The lowest BCUT2D eigenvalue weighted by molar-refractivity contribution is -0.141. The molecule has 0 aromatic carbocycles. The predicted molar refractivity (Wildman–Crippen MR) is 56.9 cm³/mol. The van der Waals surface area contributed by atoms with Crippen molar-refractivity contribution in [3.8, 4) is 0 Å². The highest BCUT2D eigenvalue weighted by molar-refractivity contribution is 5.89. The van der Waals surface area contributed by atoms with E-state index in [2.05, 4.69) is 19.5 Å². The van der Waals surface area contributed by atoms with Crippen LogP contribution in [0.2, 0.25) is 0 Å². The zero-order valence-corrected chi connectivity index (χ0v) is 9.82. The van der Waals surface area contributed by atoms with Gasteiger partial charge in [0.2, 0.25) is 0 Å². The summed E-state index contributed by atoms with van der Waals surface area (Å²) in [5, 5.41) is 3.74. The van der Waals surface area contributed by atoms with E-state index in [1.54, 1.807) is 0 Å². The summed E-state index contributed by atoms with van der Waals surface area (Å²) in [6.07, 6.45) is 1.27. The van der Waals surface area contributed by atoms with Crippen LogP contribution in [0, 0.1) is 0 Å². The number of hydrogen-bond acceptors (Lipinski definition) is 6. The molecule has 0 saturated carbocycles. The van der Waals surface area contributed by atoms with Crippen molar-refractivity contribution in [1.29, 1.82) is 0 Å². The molecule has 0 spiro atoms. The van der Waals surface area contributed by atoms with E-state index in [-0.39, 0.29) is 24.8 Å². The third kappa shape index (κ3) is 6.80. The van der Waals surface area contributed by atoms with Crippen LogP contribution in [0.4, 0.5) is 0 Å². The minimum atomic E-state index is -0.318. The fourth-order valence-corrected chi connectivity index (χ4v) is 1.04. The number of carbonyl (C=O) groups is 2. The average molecular weight is 231 g/mol. The molecule has 92 valence electrons. The molecule has 0 rings (SSSR count). The summed E-state index contributed by atoms with van der Waals surface area (Å²) >= 11 is 0. The summed E-state index contributed by atoms with van der Waals surface area (Å²) in [5.74, 6) is -0.635. The fraction of sp³-hybridized carbons (Fsp3) is 0.700. The molecule has 0 fully saturated rings. The normalized spacial score (nSPS) is 9.19. The van der Waals surface area contributed by atoms with E-state index in [0.717, 1.165) is 0 Å². The van der Waals surface area contributed by atoms with Gasteiger partial charge < -0.3 is 14.3 Å². The maximum absolute atomic E-state index is 10.9. The highest BCUT2D eigenvalue weighted by Crippen LogP contribution is 2.04. The molecule has 0 aliphatic heterocycles. The molecule has 0 bridgehead atoms. The van der Waals surface area contributed by atoms with Gasteiger partial charge >= 0.3 is 11.9 Å².